The Morgan fingerprint density at radius 2 is 2.29 bits per heavy atom. The molecule has 17 heavy (non-hydrogen) atoms. The normalized spacial score (nSPS) is 19.5. The molecule has 1 amide bonds. The van der Waals surface area contributed by atoms with Crippen LogP contribution in [-0.4, -0.2) is 30.4 Å². The molecule has 1 aliphatic heterocycles. The van der Waals surface area contributed by atoms with E-state index < -0.39 is 0 Å². The summed E-state index contributed by atoms with van der Waals surface area (Å²) in [5.41, 5.74) is 7.72. The third-order valence-electron chi connectivity index (χ3n) is 3.23. The molecule has 4 heteroatoms. The van der Waals surface area contributed by atoms with E-state index >= 15 is 0 Å². The fourth-order valence-electron chi connectivity index (χ4n) is 2.19. The van der Waals surface area contributed by atoms with Gasteiger partial charge >= 0.3 is 0 Å². The first-order valence-electron chi connectivity index (χ1n) is 6.03. The number of nitrogens with two attached hydrogens (primary N) is 1. The topological polar surface area (TPSA) is 58.4 Å². The van der Waals surface area contributed by atoms with Crippen molar-refractivity contribution >= 4 is 11.6 Å². The number of amides is 1. The Labute approximate surface area is 102 Å². The lowest BCUT2D eigenvalue weighted by Gasteiger charge is -2.26. The maximum Gasteiger partial charge on any atom is 0.234 e. The van der Waals surface area contributed by atoms with E-state index in [9.17, 15) is 4.79 Å². The summed E-state index contributed by atoms with van der Waals surface area (Å²) in [6, 6.07) is 8.10. The van der Waals surface area contributed by atoms with Gasteiger partial charge in [-0.15, -0.1) is 0 Å². The molecular weight excluding hydrogens is 214 g/mol. The highest BCUT2D eigenvalue weighted by Crippen LogP contribution is 2.22. The van der Waals surface area contributed by atoms with Crippen LogP contribution in [0.2, 0.25) is 0 Å². The Morgan fingerprint density at radius 3 is 3.06 bits per heavy atom. The number of nitrogens with zero attached hydrogens (tertiary/aromatic N) is 1. The zero-order chi connectivity index (χ0) is 12.3. The van der Waals surface area contributed by atoms with Gasteiger partial charge in [0, 0.05) is 24.8 Å². The van der Waals surface area contributed by atoms with Gasteiger partial charge in [-0.05, 0) is 31.0 Å². The molecule has 1 aromatic carbocycles. The molecule has 1 saturated heterocycles. The van der Waals surface area contributed by atoms with Crippen molar-refractivity contribution in [1.29, 1.82) is 0 Å². The van der Waals surface area contributed by atoms with E-state index in [1.165, 1.54) is 5.56 Å². The Morgan fingerprint density at radius 1 is 1.47 bits per heavy atom. The number of anilines is 1. The minimum absolute atomic E-state index is 0.109. The van der Waals surface area contributed by atoms with Crippen molar-refractivity contribution in [2.24, 2.45) is 0 Å². The minimum Gasteiger partial charge on any atom is -0.399 e. The van der Waals surface area contributed by atoms with Gasteiger partial charge < -0.3 is 11.1 Å². The first-order chi connectivity index (χ1) is 8.16. The van der Waals surface area contributed by atoms with Gasteiger partial charge in [-0.1, -0.05) is 12.1 Å². The van der Waals surface area contributed by atoms with E-state index in [2.05, 4.69) is 23.2 Å². The first kappa shape index (κ1) is 11.9. The van der Waals surface area contributed by atoms with Crippen molar-refractivity contribution in [2.45, 2.75) is 19.4 Å². The second-order valence-corrected chi connectivity index (χ2v) is 4.52. The summed E-state index contributed by atoms with van der Waals surface area (Å²) >= 11 is 0. The lowest BCUT2D eigenvalue weighted by Crippen LogP contribution is -2.34. The van der Waals surface area contributed by atoms with Gasteiger partial charge in [-0.25, -0.2) is 0 Å². The van der Waals surface area contributed by atoms with Crippen LogP contribution in [0.3, 0.4) is 0 Å². The summed E-state index contributed by atoms with van der Waals surface area (Å²) < 4.78 is 0. The molecule has 0 spiro atoms. The van der Waals surface area contributed by atoms with Crippen molar-refractivity contribution in [2.75, 3.05) is 25.4 Å². The standard InChI is InChI=1S/C13H19N3O/c1-10(11-4-2-5-12(14)8-11)16-7-3-6-15-13(17)9-16/h2,4-5,8,10H,3,6-7,9,14H2,1H3,(H,15,17). The highest BCUT2D eigenvalue weighted by molar-refractivity contribution is 5.78. The SMILES string of the molecule is CC(c1cccc(N)c1)N1CCCNC(=O)C1. The zero-order valence-corrected chi connectivity index (χ0v) is 10.1. The van der Waals surface area contributed by atoms with Gasteiger partial charge in [0.1, 0.15) is 0 Å². The number of benzene rings is 1. The molecule has 1 aliphatic rings. The molecule has 4 nitrogen and oxygen atoms in total. The van der Waals surface area contributed by atoms with E-state index in [1.807, 2.05) is 18.2 Å². The smallest absolute Gasteiger partial charge is 0.234 e. The van der Waals surface area contributed by atoms with Crippen LogP contribution in [0, 0.1) is 0 Å². The predicted octanol–water partition coefficient (Wildman–Crippen LogP) is 1.15. The predicted molar refractivity (Wildman–Crippen MR) is 68.5 cm³/mol. The summed E-state index contributed by atoms with van der Waals surface area (Å²) in [7, 11) is 0. The van der Waals surface area contributed by atoms with Gasteiger partial charge in [0.25, 0.3) is 0 Å². The molecule has 3 N–H and O–H groups in total. The van der Waals surface area contributed by atoms with Crippen LogP contribution in [0.4, 0.5) is 5.69 Å². The van der Waals surface area contributed by atoms with Crippen molar-refractivity contribution in [3.63, 3.8) is 0 Å². The van der Waals surface area contributed by atoms with Crippen molar-refractivity contribution in [1.82, 2.24) is 10.2 Å². The fraction of sp³-hybridized carbons (Fsp3) is 0.462. The summed E-state index contributed by atoms with van der Waals surface area (Å²) in [6.45, 7) is 4.30. The van der Waals surface area contributed by atoms with Crippen LogP contribution in [0.15, 0.2) is 24.3 Å². The monoisotopic (exact) mass is 233 g/mol. The fourth-order valence-corrected chi connectivity index (χ4v) is 2.19. The first-order valence-corrected chi connectivity index (χ1v) is 6.03. The van der Waals surface area contributed by atoms with Gasteiger partial charge in [0.2, 0.25) is 5.91 Å². The molecule has 1 atom stereocenters. The van der Waals surface area contributed by atoms with Gasteiger partial charge in [-0.2, -0.15) is 0 Å². The third kappa shape index (κ3) is 2.97. The lowest BCUT2D eigenvalue weighted by atomic mass is 10.1. The van der Waals surface area contributed by atoms with E-state index in [0.29, 0.717) is 6.54 Å². The Kier molecular flexibility index (Phi) is 3.64. The summed E-state index contributed by atoms with van der Waals surface area (Å²) in [5.74, 6) is 0.109. The third-order valence-corrected chi connectivity index (χ3v) is 3.23. The Hall–Kier alpha value is -1.55. The molecule has 1 aromatic rings. The highest BCUT2D eigenvalue weighted by atomic mass is 16.2. The minimum atomic E-state index is 0.109. The van der Waals surface area contributed by atoms with E-state index in [-0.39, 0.29) is 11.9 Å². The number of nitrogen functional groups attached to an aromatic ring is 1. The van der Waals surface area contributed by atoms with Gasteiger partial charge in [0.05, 0.1) is 6.54 Å². The average molecular weight is 233 g/mol. The van der Waals surface area contributed by atoms with Crippen LogP contribution in [0.25, 0.3) is 0 Å². The molecule has 0 aromatic heterocycles. The molecule has 0 bridgehead atoms. The van der Waals surface area contributed by atoms with Crippen molar-refractivity contribution in [3.05, 3.63) is 29.8 Å². The maximum absolute atomic E-state index is 11.5. The molecule has 1 fully saturated rings. The highest BCUT2D eigenvalue weighted by Gasteiger charge is 2.20. The van der Waals surface area contributed by atoms with E-state index in [4.69, 9.17) is 5.73 Å². The largest absolute Gasteiger partial charge is 0.399 e. The van der Waals surface area contributed by atoms with Crippen LogP contribution in [0.5, 0.6) is 0 Å². The lowest BCUT2D eigenvalue weighted by molar-refractivity contribution is -0.121. The average Bonchev–Trinajstić information content (AvgIpc) is 2.53. The quantitative estimate of drug-likeness (QED) is 0.753. The van der Waals surface area contributed by atoms with Crippen LogP contribution in [-0.2, 0) is 4.79 Å². The summed E-state index contributed by atoms with van der Waals surface area (Å²) in [6.07, 6.45) is 0.998. The summed E-state index contributed by atoms with van der Waals surface area (Å²) in [4.78, 5) is 13.7. The molecule has 0 radical (unpaired) electrons. The van der Waals surface area contributed by atoms with E-state index in [1.54, 1.807) is 0 Å². The molecule has 1 heterocycles. The number of hydrogen-bond donors (Lipinski definition) is 2. The van der Waals surface area contributed by atoms with Crippen LogP contribution in [0.1, 0.15) is 24.9 Å². The Bertz CT molecular complexity index is 405. The zero-order valence-electron chi connectivity index (χ0n) is 10.1. The molecule has 0 aliphatic carbocycles. The number of rotatable bonds is 2. The maximum atomic E-state index is 11.5. The second-order valence-electron chi connectivity index (χ2n) is 4.52. The van der Waals surface area contributed by atoms with Gasteiger partial charge in [0.15, 0.2) is 0 Å². The Balaban J connectivity index is 2.12. The van der Waals surface area contributed by atoms with Crippen LogP contribution < -0.4 is 11.1 Å². The van der Waals surface area contributed by atoms with E-state index in [0.717, 1.165) is 25.2 Å². The van der Waals surface area contributed by atoms with Gasteiger partial charge in [-0.3, -0.25) is 9.69 Å². The number of carbonyl (C=O) groups excluding carboxylic acids is 1. The number of nitrogens with one attached hydrogen (secondary N) is 1. The van der Waals surface area contributed by atoms with Crippen molar-refractivity contribution in [3.8, 4) is 0 Å². The molecule has 0 saturated carbocycles. The molecular formula is C13H19N3O. The van der Waals surface area contributed by atoms with Crippen LogP contribution >= 0.6 is 0 Å². The number of hydrogen-bond acceptors (Lipinski definition) is 3. The molecule has 1 unspecified atom stereocenters. The summed E-state index contributed by atoms with van der Waals surface area (Å²) in [5, 5.41) is 2.89. The van der Waals surface area contributed by atoms with Crippen molar-refractivity contribution < 1.29 is 4.79 Å². The number of carbonyl (C=O) groups is 1. The second kappa shape index (κ2) is 5.19. The molecule has 92 valence electrons. The molecule has 2 rings (SSSR count).